The molecular formula is C20H15ClF5N3. The number of anilines is 1. The van der Waals surface area contributed by atoms with Crippen molar-refractivity contribution in [2.75, 3.05) is 11.9 Å². The van der Waals surface area contributed by atoms with Gasteiger partial charge >= 0.3 is 6.18 Å². The molecule has 4 rings (SSSR count). The fourth-order valence-electron chi connectivity index (χ4n) is 3.45. The van der Waals surface area contributed by atoms with E-state index in [9.17, 15) is 22.0 Å². The average Bonchev–Trinajstić information content (AvgIpc) is 2.83. The zero-order chi connectivity index (χ0) is 20.8. The highest BCUT2D eigenvalue weighted by atomic mass is 35.5. The number of fused-ring (bicyclic) bond motifs is 1. The highest BCUT2D eigenvalue weighted by Gasteiger charge is 2.34. The SMILES string of the molecule is Fc1ccc(-n2nc(-c3ccc(Cl)c(C(F)(F)F)c3)c3c2NCCCC3)c(F)c1. The number of hydrogen-bond donors (Lipinski definition) is 1. The van der Waals surface area contributed by atoms with Gasteiger partial charge in [0.15, 0.2) is 5.82 Å². The molecule has 3 aromatic rings. The summed E-state index contributed by atoms with van der Waals surface area (Å²) in [6.07, 6.45) is -2.42. The van der Waals surface area contributed by atoms with E-state index < -0.39 is 28.4 Å². The summed E-state index contributed by atoms with van der Waals surface area (Å²) in [6, 6.07) is 6.67. The highest BCUT2D eigenvalue weighted by Crippen LogP contribution is 2.40. The Balaban J connectivity index is 1.93. The monoisotopic (exact) mass is 427 g/mol. The Morgan fingerprint density at radius 1 is 1.03 bits per heavy atom. The van der Waals surface area contributed by atoms with Gasteiger partial charge in [0.05, 0.1) is 16.3 Å². The van der Waals surface area contributed by atoms with Crippen molar-refractivity contribution in [2.45, 2.75) is 25.4 Å². The van der Waals surface area contributed by atoms with Crippen LogP contribution in [-0.4, -0.2) is 16.3 Å². The highest BCUT2D eigenvalue weighted by molar-refractivity contribution is 6.31. The van der Waals surface area contributed by atoms with Crippen LogP contribution in [-0.2, 0) is 12.6 Å². The Morgan fingerprint density at radius 3 is 2.55 bits per heavy atom. The van der Waals surface area contributed by atoms with Crippen LogP contribution in [0.4, 0.5) is 27.8 Å². The molecule has 0 saturated carbocycles. The van der Waals surface area contributed by atoms with Crippen molar-refractivity contribution in [3.05, 3.63) is 64.2 Å². The molecule has 0 aliphatic carbocycles. The number of nitrogens with one attached hydrogen (secondary N) is 1. The molecule has 1 aliphatic rings. The minimum atomic E-state index is -4.62. The Kier molecular flexibility index (Phi) is 4.98. The number of aromatic nitrogens is 2. The summed E-state index contributed by atoms with van der Waals surface area (Å²) < 4.78 is 68.9. The van der Waals surface area contributed by atoms with Gasteiger partial charge in [0, 0.05) is 23.7 Å². The van der Waals surface area contributed by atoms with Gasteiger partial charge in [-0.25, -0.2) is 13.5 Å². The molecule has 0 radical (unpaired) electrons. The molecule has 152 valence electrons. The van der Waals surface area contributed by atoms with E-state index in [0.29, 0.717) is 30.0 Å². The molecule has 0 bridgehead atoms. The maximum atomic E-state index is 14.4. The maximum absolute atomic E-state index is 14.4. The lowest BCUT2D eigenvalue weighted by molar-refractivity contribution is -0.137. The van der Waals surface area contributed by atoms with Gasteiger partial charge in [0.2, 0.25) is 0 Å². The molecule has 9 heteroatoms. The predicted octanol–water partition coefficient (Wildman–Crippen LogP) is 6.24. The van der Waals surface area contributed by atoms with Crippen LogP contribution in [0.1, 0.15) is 24.0 Å². The normalized spacial score (nSPS) is 14.3. The molecule has 0 atom stereocenters. The van der Waals surface area contributed by atoms with Crippen LogP contribution >= 0.6 is 11.6 Å². The van der Waals surface area contributed by atoms with E-state index in [1.807, 2.05) is 0 Å². The van der Waals surface area contributed by atoms with Crippen molar-refractivity contribution in [1.29, 1.82) is 0 Å². The van der Waals surface area contributed by atoms with E-state index >= 15 is 0 Å². The maximum Gasteiger partial charge on any atom is 0.417 e. The second kappa shape index (κ2) is 7.33. The molecule has 2 heterocycles. The molecule has 1 aromatic heterocycles. The van der Waals surface area contributed by atoms with Crippen LogP contribution in [0.2, 0.25) is 5.02 Å². The number of benzene rings is 2. The lowest BCUT2D eigenvalue weighted by atomic mass is 10.0. The van der Waals surface area contributed by atoms with Crippen LogP contribution in [0, 0.1) is 11.6 Å². The minimum absolute atomic E-state index is 0.00769. The lowest BCUT2D eigenvalue weighted by Crippen LogP contribution is -2.08. The lowest BCUT2D eigenvalue weighted by Gasteiger charge is -2.10. The topological polar surface area (TPSA) is 29.9 Å². The second-order valence-corrected chi connectivity index (χ2v) is 7.17. The molecule has 3 nitrogen and oxygen atoms in total. The predicted molar refractivity (Wildman–Crippen MR) is 100 cm³/mol. The molecular weight excluding hydrogens is 413 g/mol. The van der Waals surface area contributed by atoms with Crippen LogP contribution in [0.5, 0.6) is 0 Å². The Hall–Kier alpha value is -2.61. The number of nitrogens with zero attached hydrogens (tertiary/aromatic N) is 2. The van der Waals surface area contributed by atoms with E-state index in [-0.39, 0.29) is 11.3 Å². The van der Waals surface area contributed by atoms with Gasteiger partial charge in [-0.3, -0.25) is 0 Å². The fraction of sp³-hybridized carbons (Fsp3) is 0.250. The average molecular weight is 428 g/mol. The third-order valence-corrected chi connectivity index (χ3v) is 5.14. The van der Waals surface area contributed by atoms with Crippen molar-refractivity contribution in [1.82, 2.24) is 9.78 Å². The van der Waals surface area contributed by atoms with Gasteiger partial charge in [-0.1, -0.05) is 17.7 Å². The van der Waals surface area contributed by atoms with Gasteiger partial charge in [-0.05, 0) is 43.5 Å². The number of alkyl halides is 3. The van der Waals surface area contributed by atoms with Crippen LogP contribution in [0.15, 0.2) is 36.4 Å². The number of halogens is 6. The van der Waals surface area contributed by atoms with Gasteiger partial charge in [-0.15, -0.1) is 0 Å². The van der Waals surface area contributed by atoms with Crippen molar-refractivity contribution < 1.29 is 22.0 Å². The standard InChI is InChI=1S/C20H15ClF5N3/c21-15-6-4-11(9-14(15)20(24,25)26)18-13-3-1-2-8-27-19(13)29(28-18)17-7-5-12(22)10-16(17)23/h4-7,9-10,27H,1-3,8H2. The fourth-order valence-corrected chi connectivity index (χ4v) is 3.68. The Morgan fingerprint density at radius 2 is 1.83 bits per heavy atom. The summed E-state index contributed by atoms with van der Waals surface area (Å²) in [5, 5.41) is 7.16. The smallest absolute Gasteiger partial charge is 0.370 e. The van der Waals surface area contributed by atoms with E-state index in [2.05, 4.69) is 10.4 Å². The molecule has 0 spiro atoms. The summed E-state index contributed by atoms with van der Waals surface area (Å²) in [7, 11) is 0. The van der Waals surface area contributed by atoms with Gasteiger partial charge in [0.25, 0.3) is 0 Å². The largest absolute Gasteiger partial charge is 0.417 e. The van der Waals surface area contributed by atoms with E-state index in [4.69, 9.17) is 11.6 Å². The van der Waals surface area contributed by atoms with E-state index in [0.717, 1.165) is 31.0 Å². The van der Waals surface area contributed by atoms with Crippen molar-refractivity contribution in [3.63, 3.8) is 0 Å². The third kappa shape index (κ3) is 3.69. The third-order valence-electron chi connectivity index (χ3n) is 4.81. The van der Waals surface area contributed by atoms with Gasteiger partial charge in [0.1, 0.15) is 17.3 Å². The summed E-state index contributed by atoms with van der Waals surface area (Å²) >= 11 is 5.73. The molecule has 0 amide bonds. The van der Waals surface area contributed by atoms with Crippen molar-refractivity contribution >= 4 is 17.4 Å². The number of hydrogen-bond acceptors (Lipinski definition) is 2. The Labute approximate surface area is 168 Å². The van der Waals surface area contributed by atoms with E-state index in [1.54, 1.807) is 0 Å². The van der Waals surface area contributed by atoms with Crippen LogP contribution in [0.3, 0.4) is 0 Å². The van der Waals surface area contributed by atoms with Crippen LogP contribution in [0.25, 0.3) is 16.9 Å². The zero-order valence-electron chi connectivity index (χ0n) is 15.0. The zero-order valence-corrected chi connectivity index (χ0v) is 15.7. The van der Waals surface area contributed by atoms with Crippen LogP contribution < -0.4 is 5.32 Å². The summed E-state index contributed by atoms with van der Waals surface area (Å²) in [5.74, 6) is -1.06. The van der Waals surface area contributed by atoms with E-state index in [1.165, 1.54) is 22.9 Å². The molecule has 0 unspecified atom stereocenters. The first-order valence-corrected chi connectivity index (χ1v) is 9.32. The molecule has 0 saturated heterocycles. The van der Waals surface area contributed by atoms with Gasteiger partial charge < -0.3 is 5.32 Å². The second-order valence-electron chi connectivity index (χ2n) is 6.76. The minimum Gasteiger partial charge on any atom is -0.370 e. The molecule has 1 N–H and O–H groups in total. The van der Waals surface area contributed by atoms with Crippen molar-refractivity contribution in [3.8, 4) is 16.9 Å². The quantitative estimate of drug-likeness (QED) is 0.491. The number of rotatable bonds is 2. The molecule has 2 aromatic carbocycles. The first-order chi connectivity index (χ1) is 13.8. The molecule has 1 aliphatic heterocycles. The summed E-state index contributed by atoms with van der Waals surface area (Å²) in [6.45, 7) is 0.607. The first-order valence-electron chi connectivity index (χ1n) is 8.94. The first kappa shape index (κ1) is 19.7. The Bertz CT molecular complexity index is 1070. The molecule has 29 heavy (non-hydrogen) atoms. The van der Waals surface area contributed by atoms with Crippen molar-refractivity contribution in [2.24, 2.45) is 0 Å². The molecule has 0 fully saturated rings. The van der Waals surface area contributed by atoms with Gasteiger partial charge in [-0.2, -0.15) is 18.3 Å². The summed E-state index contributed by atoms with van der Waals surface area (Å²) in [5.41, 5.74) is 0.257. The summed E-state index contributed by atoms with van der Waals surface area (Å²) in [4.78, 5) is 0.